The van der Waals surface area contributed by atoms with E-state index in [1.807, 2.05) is 18.2 Å². The molecule has 1 aliphatic heterocycles. The number of benzene rings is 1. The largest absolute Gasteiger partial charge is 0.367 e. The summed E-state index contributed by atoms with van der Waals surface area (Å²) in [6, 6.07) is 7.93. The van der Waals surface area contributed by atoms with Crippen molar-refractivity contribution in [3.63, 3.8) is 0 Å². The number of piperazine rings is 1. The van der Waals surface area contributed by atoms with E-state index in [1.165, 1.54) is 6.33 Å². The van der Waals surface area contributed by atoms with Gasteiger partial charge in [-0.25, -0.2) is 9.97 Å². The summed E-state index contributed by atoms with van der Waals surface area (Å²) in [5.74, 6) is 0.806. The minimum Gasteiger partial charge on any atom is -0.367 e. The summed E-state index contributed by atoms with van der Waals surface area (Å²) in [5, 5.41) is 1.39. The molecule has 2 heterocycles. The zero-order valence-corrected chi connectivity index (χ0v) is 12.3. The van der Waals surface area contributed by atoms with Crippen LogP contribution in [0.5, 0.6) is 0 Å². The van der Waals surface area contributed by atoms with Gasteiger partial charge in [-0.15, -0.1) is 0 Å². The van der Waals surface area contributed by atoms with E-state index in [1.54, 1.807) is 6.20 Å². The number of para-hydroxylation sites is 1. The first-order valence-corrected chi connectivity index (χ1v) is 7.21. The van der Waals surface area contributed by atoms with Gasteiger partial charge in [0, 0.05) is 26.2 Å². The third kappa shape index (κ3) is 2.67. The van der Waals surface area contributed by atoms with Crippen LogP contribution >= 0.6 is 23.2 Å². The molecular weight excluding hydrogens is 295 g/mol. The van der Waals surface area contributed by atoms with E-state index in [-0.39, 0.29) is 0 Å². The van der Waals surface area contributed by atoms with Crippen molar-refractivity contribution in [2.45, 2.75) is 0 Å². The Morgan fingerprint density at radius 2 is 1.60 bits per heavy atom. The van der Waals surface area contributed by atoms with E-state index in [9.17, 15) is 0 Å². The number of aromatic nitrogens is 2. The molecule has 0 atom stereocenters. The van der Waals surface area contributed by atoms with Crippen LogP contribution in [0.2, 0.25) is 10.0 Å². The van der Waals surface area contributed by atoms with Crippen molar-refractivity contribution in [3.05, 3.63) is 46.8 Å². The van der Waals surface area contributed by atoms with Crippen molar-refractivity contribution >= 4 is 34.7 Å². The van der Waals surface area contributed by atoms with Gasteiger partial charge in [-0.2, -0.15) is 0 Å². The van der Waals surface area contributed by atoms with Crippen molar-refractivity contribution in [3.8, 4) is 0 Å². The summed E-state index contributed by atoms with van der Waals surface area (Å²) in [4.78, 5) is 12.6. The monoisotopic (exact) mass is 308 g/mol. The van der Waals surface area contributed by atoms with Crippen LogP contribution in [0.3, 0.4) is 0 Å². The zero-order chi connectivity index (χ0) is 13.9. The van der Waals surface area contributed by atoms with E-state index in [0.29, 0.717) is 5.02 Å². The fourth-order valence-corrected chi connectivity index (χ4v) is 2.89. The van der Waals surface area contributed by atoms with Crippen molar-refractivity contribution in [2.24, 2.45) is 0 Å². The molecule has 1 fully saturated rings. The van der Waals surface area contributed by atoms with E-state index in [2.05, 4.69) is 25.8 Å². The minimum absolute atomic E-state index is 0.596. The zero-order valence-electron chi connectivity index (χ0n) is 10.8. The third-order valence-electron chi connectivity index (χ3n) is 3.42. The number of nitrogens with zero attached hydrogens (tertiary/aromatic N) is 4. The van der Waals surface area contributed by atoms with Crippen LogP contribution in [0.15, 0.2) is 36.8 Å². The molecule has 0 unspecified atom stereocenters. The molecule has 0 N–H and O–H groups in total. The summed E-state index contributed by atoms with van der Waals surface area (Å²) in [6.45, 7) is 3.51. The molecular formula is C14H14Cl2N4. The average Bonchev–Trinajstić information content (AvgIpc) is 2.49. The highest BCUT2D eigenvalue weighted by Crippen LogP contribution is 2.28. The number of anilines is 2. The predicted molar refractivity (Wildman–Crippen MR) is 82.9 cm³/mol. The Bertz CT molecular complexity index is 544. The van der Waals surface area contributed by atoms with Gasteiger partial charge in [0.15, 0.2) is 5.82 Å². The molecule has 1 saturated heterocycles. The molecule has 4 nitrogen and oxygen atoms in total. The standard InChI is InChI=1S/C14H14Cl2N4/c15-11-3-1-2-4-13(11)19-5-7-20(8-6-19)14-12(16)9-17-10-18-14/h1-4,9-10H,5-8H2. The van der Waals surface area contributed by atoms with Gasteiger partial charge in [0.25, 0.3) is 0 Å². The van der Waals surface area contributed by atoms with Crippen molar-refractivity contribution in [1.29, 1.82) is 0 Å². The van der Waals surface area contributed by atoms with Crippen LogP contribution in [0.25, 0.3) is 0 Å². The molecule has 0 spiro atoms. The average molecular weight is 309 g/mol. The highest BCUT2D eigenvalue weighted by molar-refractivity contribution is 6.33. The number of hydrogen-bond donors (Lipinski definition) is 0. The lowest BCUT2D eigenvalue weighted by atomic mass is 10.2. The first kappa shape index (κ1) is 13.5. The fraction of sp³-hybridized carbons (Fsp3) is 0.286. The second kappa shape index (κ2) is 5.85. The summed E-state index contributed by atoms with van der Waals surface area (Å²) in [6.07, 6.45) is 3.16. The van der Waals surface area contributed by atoms with Crippen LogP contribution in [-0.4, -0.2) is 36.1 Å². The Morgan fingerprint density at radius 3 is 2.30 bits per heavy atom. The maximum absolute atomic E-state index is 6.24. The first-order valence-electron chi connectivity index (χ1n) is 6.45. The topological polar surface area (TPSA) is 32.3 Å². The van der Waals surface area contributed by atoms with Gasteiger partial charge in [0.2, 0.25) is 0 Å². The van der Waals surface area contributed by atoms with E-state index < -0.39 is 0 Å². The predicted octanol–water partition coefficient (Wildman–Crippen LogP) is 3.11. The molecule has 3 rings (SSSR count). The van der Waals surface area contributed by atoms with Crippen LogP contribution in [0, 0.1) is 0 Å². The molecule has 6 heteroatoms. The molecule has 1 aromatic carbocycles. The second-order valence-electron chi connectivity index (χ2n) is 4.62. The Hall–Kier alpha value is -1.52. The highest BCUT2D eigenvalue weighted by atomic mass is 35.5. The summed E-state index contributed by atoms with van der Waals surface area (Å²) < 4.78 is 0. The van der Waals surface area contributed by atoms with Crippen LogP contribution in [0.4, 0.5) is 11.5 Å². The van der Waals surface area contributed by atoms with E-state index in [0.717, 1.165) is 42.7 Å². The molecule has 0 aliphatic carbocycles. The van der Waals surface area contributed by atoms with Crippen molar-refractivity contribution in [2.75, 3.05) is 36.0 Å². The van der Waals surface area contributed by atoms with Crippen LogP contribution in [0.1, 0.15) is 0 Å². The third-order valence-corrected chi connectivity index (χ3v) is 4.01. The lowest BCUT2D eigenvalue weighted by molar-refractivity contribution is 0.647. The second-order valence-corrected chi connectivity index (χ2v) is 5.43. The van der Waals surface area contributed by atoms with E-state index in [4.69, 9.17) is 23.2 Å². The van der Waals surface area contributed by atoms with Gasteiger partial charge < -0.3 is 9.80 Å². The van der Waals surface area contributed by atoms with E-state index >= 15 is 0 Å². The quantitative estimate of drug-likeness (QED) is 0.853. The number of rotatable bonds is 2. The Balaban J connectivity index is 1.72. The van der Waals surface area contributed by atoms with Gasteiger partial charge in [-0.3, -0.25) is 0 Å². The SMILES string of the molecule is Clc1ccccc1N1CCN(c2ncncc2Cl)CC1. The van der Waals surface area contributed by atoms with Gasteiger partial charge >= 0.3 is 0 Å². The van der Waals surface area contributed by atoms with Gasteiger partial charge in [0.1, 0.15) is 11.3 Å². The maximum atomic E-state index is 6.24. The van der Waals surface area contributed by atoms with Crippen LogP contribution in [-0.2, 0) is 0 Å². The highest BCUT2D eigenvalue weighted by Gasteiger charge is 2.21. The Labute approximate surface area is 128 Å². The molecule has 0 bridgehead atoms. The fourth-order valence-electron chi connectivity index (χ4n) is 2.41. The van der Waals surface area contributed by atoms with Gasteiger partial charge in [-0.1, -0.05) is 35.3 Å². The summed E-state index contributed by atoms with van der Waals surface area (Å²) in [7, 11) is 0. The lowest BCUT2D eigenvalue weighted by Gasteiger charge is -2.37. The molecule has 0 amide bonds. The Morgan fingerprint density at radius 1 is 0.900 bits per heavy atom. The number of halogens is 2. The van der Waals surface area contributed by atoms with Crippen molar-refractivity contribution < 1.29 is 0 Å². The Kier molecular flexibility index (Phi) is 3.94. The lowest BCUT2D eigenvalue weighted by Crippen LogP contribution is -2.47. The minimum atomic E-state index is 0.596. The van der Waals surface area contributed by atoms with Crippen LogP contribution < -0.4 is 9.80 Å². The molecule has 1 aliphatic rings. The molecule has 1 aromatic heterocycles. The maximum Gasteiger partial charge on any atom is 0.150 e. The normalized spacial score (nSPS) is 15.5. The molecule has 0 saturated carbocycles. The molecule has 104 valence electrons. The summed E-state index contributed by atoms with van der Waals surface area (Å²) in [5.41, 5.74) is 1.09. The van der Waals surface area contributed by atoms with Crippen molar-refractivity contribution in [1.82, 2.24) is 9.97 Å². The number of hydrogen-bond acceptors (Lipinski definition) is 4. The molecule has 0 radical (unpaired) electrons. The molecule has 2 aromatic rings. The van der Waals surface area contributed by atoms with Gasteiger partial charge in [-0.05, 0) is 12.1 Å². The molecule has 20 heavy (non-hydrogen) atoms. The van der Waals surface area contributed by atoms with Gasteiger partial charge in [0.05, 0.1) is 16.9 Å². The summed E-state index contributed by atoms with van der Waals surface area (Å²) >= 11 is 12.4. The smallest absolute Gasteiger partial charge is 0.150 e. The first-order chi connectivity index (χ1) is 9.75.